The summed E-state index contributed by atoms with van der Waals surface area (Å²) in [5.41, 5.74) is 0.579. The lowest BCUT2D eigenvalue weighted by Crippen LogP contribution is -1.99. The number of methoxy groups -OCH3 is 1. The molecule has 6 heteroatoms. The van der Waals surface area contributed by atoms with Gasteiger partial charge in [0.05, 0.1) is 22.7 Å². The number of esters is 1. The van der Waals surface area contributed by atoms with Gasteiger partial charge in [0, 0.05) is 0 Å². The molecule has 2 N–H and O–H groups in total. The lowest BCUT2D eigenvalue weighted by molar-refractivity contribution is 0.0360. The molecule has 0 saturated heterocycles. The summed E-state index contributed by atoms with van der Waals surface area (Å²) >= 11 is 3.16. The Bertz CT molecular complexity index is 541. The predicted molar refractivity (Wildman–Crippen MR) is 76.3 cm³/mol. The Morgan fingerprint density at radius 3 is 2.60 bits per heavy atom. The number of ether oxygens (including phenoxy) is 2. The van der Waals surface area contributed by atoms with Gasteiger partial charge in [0.1, 0.15) is 6.10 Å². The number of benzene rings is 1. The van der Waals surface area contributed by atoms with Crippen LogP contribution in [0.1, 0.15) is 54.6 Å². The van der Waals surface area contributed by atoms with E-state index in [9.17, 15) is 15.0 Å². The molecule has 5 nitrogen and oxygen atoms in total. The van der Waals surface area contributed by atoms with Crippen molar-refractivity contribution in [3.05, 3.63) is 15.6 Å². The zero-order valence-corrected chi connectivity index (χ0v) is 13.0. The third-order valence-corrected chi connectivity index (χ3v) is 4.20. The van der Waals surface area contributed by atoms with Crippen molar-refractivity contribution in [2.24, 2.45) is 0 Å². The van der Waals surface area contributed by atoms with Crippen LogP contribution in [0.15, 0.2) is 4.47 Å². The fourth-order valence-corrected chi connectivity index (χ4v) is 2.98. The zero-order chi connectivity index (χ0) is 14.9. The first kappa shape index (κ1) is 15.0. The van der Waals surface area contributed by atoms with Gasteiger partial charge in [-0.1, -0.05) is 19.8 Å². The molecule has 0 spiro atoms. The summed E-state index contributed by atoms with van der Waals surface area (Å²) in [4.78, 5) is 11.9. The van der Waals surface area contributed by atoms with E-state index in [4.69, 9.17) is 9.47 Å². The van der Waals surface area contributed by atoms with Gasteiger partial charge in [0.2, 0.25) is 5.75 Å². The zero-order valence-electron chi connectivity index (χ0n) is 11.4. The van der Waals surface area contributed by atoms with E-state index in [1.54, 1.807) is 0 Å². The largest absolute Gasteiger partial charge is 0.504 e. The van der Waals surface area contributed by atoms with Crippen LogP contribution >= 0.6 is 15.9 Å². The van der Waals surface area contributed by atoms with Gasteiger partial charge in [0.15, 0.2) is 11.5 Å². The van der Waals surface area contributed by atoms with Crippen molar-refractivity contribution < 1.29 is 24.5 Å². The van der Waals surface area contributed by atoms with Crippen molar-refractivity contribution in [2.75, 3.05) is 7.11 Å². The number of rotatable bonds is 5. The van der Waals surface area contributed by atoms with E-state index in [0.717, 1.165) is 19.3 Å². The second-order valence-electron chi connectivity index (χ2n) is 4.72. The lowest BCUT2D eigenvalue weighted by Gasteiger charge is -2.15. The molecule has 20 heavy (non-hydrogen) atoms. The first-order chi connectivity index (χ1) is 9.52. The fourth-order valence-electron chi connectivity index (χ4n) is 2.43. The van der Waals surface area contributed by atoms with Gasteiger partial charge in [-0.25, -0.2) is 4.79 Å². The predicted octanol–water partition coefficient (Wildman–Crippen LogP) is 3.66. The number of cyclic esters (lactones) is 1. The Kier molecular flexibility index (Phi) is 4.42. The minimum Gasteiger partial charge on any atom is -0.504 e. The highest BCUT2D eigenvalue weighted by Crippen LogP contribution is 2.52. The number of phenolic OH excluding ortho intramolecular Hbond substituents is 2. The van der Waals surface area contributed by atoms with Crippen LogP contribution in [0.25, 0.3) is 0 Å². The average molecular weight is 345 g/mol. The van der Waals surface area contributed by atoms with Gasteiger partial charge in [-0.3, -0.25) is 0 Å². The maximum absolute atomic E-state index is 11.9. The molecule has 0 bridgehead atoms. The average Bonchev–Trinajstić information content (AvgIpc) is 2.74. The Labute approximate surface area is 125 Å². The Balaban J connectivity index is 2.46. The highest BCUT2D eigenvalue weighted by atomic mass is 79.9. The van der Waals surface area contributed by atoms with Crippen molar-refractivity contribution >= 4 is 21.9 Å². The number of fused-ring (bicyclic) bond motifs is 1. The van der Waals surface area contributed by atoms with Crippen molar-refractivity contribution in [1.29, 1.82) is 0 Å². The van der Waals surface area contributed by atoms with Gasteiger partial charge in [-0.2, -0.15) is 0 Å². The highest BCUT2D eigenvalue weighted by Gasteiger charge is 2.39. The van der Waals surface area contributed by atoms with Crippen LogP contribution in [0.5, 0.6) is 17.2 Å². The number of carbonyl (C=O) groups excluding carboxylic acids is 1. The van der Waals surface area contributed by atoms with Crippen LogP contribution in [-0.4, -0.2) is 23.3 Å². The SMILES string of the molecule is CCCCCC1OC(=O)c2c(Br)c(O)c(OC)c(O)c21. The summed E-state index contributed by atoms with van der Waals surface area (Å²) in [5.74, 6) is -1.11. The minimum absolute atomic E-state index is 0.0468. The molecule has 0 saturated carbocycles. The molecule has 1 aliphatic heterocycles. The second-order valence-corrected chi connectivity index (χ2v) is 5.52. The van der Waals surface area contributed by atoms with Crippen LogP contribution in [0.2, 0.25) is 0 Å². The van der Waals surface area contributed by atoms with Gasteiger partial charge < -0.3 is 19.7 Å². The molecule has 0 radical (unpaired) electrons. The molecule has 1 aromatic rings. The van der Waals surface area contributed by atoms with Gasteiger partial charge in [-0.15, -0.1) is 0 Å². The normalized spacial score (nSPS) is 16.9. The molecule has 0 aliphatic carbocycles. The Morgan fingerprint density at radius 1 is 1.30 bits per heavy atom. The van der Waals surface area contributed by atoms with Crippen LogP contribution in [0.3, 0.4) is 0 Å². The minimum atomic E-state index is -0.540. The molecule has 1 aromatic carbocycles. The van der Waals surface area contributed by atoms with E-state index >= 15 is 0 Å². The number of aromatic hydroxyl groups is 2. The molecule has 1 aliphatic rings. The van der Waals surface area contributed by atoms with Crippen LogP contribution in [-0.2, 0) is 4.74 Å². The smallest absolute Gasteiger partial charge is 0.340 e. The maximum atomic E-state index is 11.9. The maximum Gasteiger partial charge on any atom is 0.340 e. The number of phenols is 2. The van der Waals surface area contributed by atoms with Crippen molar-refractivity contribution in [3.63, 3.8) is 0 Å². The number of hydrogen-bond acceptors (Lipinski definition) is 5. The Hall–Kier alpha value is -1.43. The third-order valence-electron chi connectivity index (χ3n) is 3.43. The summed E-state index contributed by atoms with van der Waals surface area (Å²) in [6.07, 6.45) is 3.13. The van der Waals surface area contributed by atoms with E-state index in [1.165, 1.54) is 7.11 Å². The van der Waals surface area contributed by atoms with E-state index < -0.39 is 12.1 Å². The quantitative estimate of drug-likeness (QED) is 0.629. The molecular formula is C14H17BrO5. The van der Waals surface area contributed by atoms with Crippen molar-refractivity contribution in [2.45, 2.75) is 38.7 Å². The first-order valence-corrected chi connectivity index (χ1v) is 7.34. The molecular weight excluding hydrogens is 328 g/mol. The molecule has 1 unspecified atom stereocenters. The van der Waals surface area contributed by atoms with Gasteiger partial charge >= 0.3 is 5.97 Å². The summed E-state index contributed by atoms with van der Waals surface area (Å²) in [7, 11) is 1.34. The van der Waals surface area contributed by atoms with E-state index in [0.29, 0.717) is 12.0 Å². The third kappa shape index (κ3) is 2.32. The number of carbonyl (C=O) groups is 1. The number of hydrogen-bond donors (Lipinski definition) is 2. The summed E-state index contributed by atoms with van der Waals surface area (Å²) in [5, 5.41) is 20.1. The van der Waals surface area contributed by atoms with Crippen LogP contribution in [0, 0.1) is 0 Å². The standard InChI is InChI=1S/C14H17BrO5/c1-3-4-5-6-7-8-9(14(18)20-7)10(15)12(17)13(19-2)11(8)16/h7,16-17H,3-6H2,1-2H3. The molecule has 0 amide bonds. The molecule has 1 heterocycles. The van der Waals surface area contributed by atoms with E-state index in [2.05, 4.69) is 22.9 Å². The van der Waals surface area contributed by atoms with Crippen molar-refractivity contribution in [1.82, 2.24) is 0 Å². The van der Waals surface area contributed by atoms with Gasteiger partial charge in [0.25, 0.3) is 0 Å². The van der Waals surface area contributed by atoms with Crippen molar-refractivity contribution in [3.8, 4) is 17.2 Å². The number of halogens is 1. The highest BCUT2D eigenvalue weighted by molar-refractivity contribution is 9.10. The Morgan fingerprint density at radius 2 is 2.00 bits per heavy atom. The number of unbranched alkanes of at least 4 members (excludes halogenated alkanes) is 2. The van der Waals surface area contributed by atoms with E-state index in [-0.39, 0.29) is 27.3 Å². The molecule has 2 rings (SSSR count). The second kappa shape index (κ2) is 5.91. The van der Waals surface area contributed by atoms with E-state index in [1.807, 2.05) is 0 Å². The van der Waals surface area contributed by atoms with Gasteiger partial charge in [-0.05, 0) is 28.8 Å². The topological polar surface area (TPSA) is 76.0 Å². The molecule has 0 fully saturated rings. The summed E-state index contributed by atoms with van der Waals surface area (Å²) in [6, 6.07) is 0. The lowest BCUT2D eigenvalue weighted by atomic mass is 9.98. The monoisotopic (exact) mass is 344 g/mol. The van der Waals surface area contributed by atoms with Crippen LogP contribution in [0.4, 0.5) is 0 Å². The molecule has 110 valence electrons. The molecule has 0 aromatic heterocycles. The first-order valence-electron chi connectivity index (χ1n) is 6.55. The fraction of sp³-hybridized carbons (Fsp3) is 0.500. The summed E-state index contributed by atoms with van der Waals surface area (Å²) < 4.78 is 10.5. The summed E-state index contributed by atoms with van der Waals surface area (Å²) in [6.45, 7) is 2.09. The van der Waals surface area contributed by atoms with Crippen LogP contribution < -0.4 is 4.74 Å². The molecule has 1 atom stereocenters.